The van der Waals surface area contributed by atoms with Gasteiger partial charge in [-0.05, 0) is 79.5 Å². The van der Waals surface area contributed by atoms with Gasteiger partial charge in [0.2, 0.25) is 0 Å². The van der Waals surface area contributed by atoms with Crippen LogP contribution in [0.2, 0.25) is 0 Å². The van der Waals surface area contributed by atoms with Gasteiger partial charge in [-0.1, -0.05) is 31.5 Å². The van der Waals surface area contributed by atoms with E-state index < -0.39 is 0 Å². The number of nitrogens with zero attached hydrogens (tertiary/aromatic N) is 2. The van der Waals surface area contributed by atoms with Crippen molar-refractivity contribution in [1.82, 2.24) is 4.98 Å². The fraction of sp³-hybridized carbons (Fsp3) is 0.333. The zero-order valence-corrected chi connectivity index (χ0v) is 15.6. The Morgan fingerprint density at radius 2 is 1.73 bits per heavy atom. The fourth-order valence-electron chi connectivity index (χ4n) is 4.31. The number of pyridine rings is 1. The normalized spacial score (nSPS) is 13.4. The zero-order valence-electron chi connectivity index (χ0n) is 15.6. The molecule has 130 valence electrons. The summed E-state index contributed by atoms with van der Waals surface area (Å²) >= 11 is 0. The molecule has 0 bridgehead atoms. The van der Waals surface area contributed by atoms with Gasteiger partial charge in [0.15, 0.2) is 0 Å². The largest absolute Gasteiger partial charge is 0.247 e. The second kappa shape index (κ2) is 6.92. The van der Waals surface area contributed by atoms with E-state index in [-0.39, 0.29) is 0 Å². The minimum absolute atomic E-state index is 0.698. The first kappa shape index (κ1) is 16.8. The maximum atomic E-state index is 9.07. The average molecular weight is 340 g/mol. The molecule has 4 rings (SSSR count). The minimum atomic E-state index is 0.698. The van der Waals surface area contributed by atoms with Crippen LogP contribution >= 0.6 is 0 Å². The predicted molar refractivity (Wildman–Crippen MR) is 107 cm³/mol. The molecule has 0 N–H and O–H groups in total. The van der Waals surface area contributed by atoms with Crippen molar-refractivity contribution < 1.29 is 0 Å². The van der Waals surface area contributed by atoms with Crippen LogP contribution in [0.5, 0.6) is 0 Å². The molecule has 0 saturated carbocycles. The van der Waals surface area contributed by atoms with Gasteiger partial charge in [-0.15, -0.1) is 0 Å². The molecule has 0 saturated heterocycles. The monoisotopic (exact) mass is 340 g/mol. The molecule has 3 aromatic rings. The molecule has 1 aliphatic rings. The molecular formula is C24H24N2. The Morgan fingerprint density at radius 3 is 2.42 bits per heavy atom. The summed E-state index contributed by atoms with van der Waals surface area (Å²) in [6.45, 7) is 4.48. The van der Waals surface area contributed by atoms with E-state index in [1.54, 1.807) is 0 Å². The quantitative estimate of drug-likeness (QED) is 0.594. The van der Waals surface area contributed by atoms with E-state index in [0.29, 0.717) is 5.56 Å². The lowest BCUT2D eigenvalue weighted by Gasteiger charge is -2.23. The second-order valence-corrected chi connectivity index (χ2v) is 7.32. The smallest absolute Gasteiger partial charge is 0.0991 e. The van der Waals surface area contributed by atoms with Crippen molar-refractivity contribution in [1.29, 1.82) is 5.26 Å². The number of rotatable bonds is 3. The molecule has 0 atom stereocenters. The maximum Gasteiger partial charge on any atom is 0.0991 e. The third-order valence-electron chi connectivity index (χ3n) is 5.60. The van der Waals surface area contributed by atoms with Gasteiger partial charge in [-0.3, -0.25) is 0 Å². The van der Waals surface area contributed by atoms with Crippen LogP contribution in [0.4, 0.5) is 0 Å². The summed E-state index contributed by atoms with van der Waals surface area (Å²) in [6.07, 6.45) is 7.03. The highest BCUT2D eigenvalue weighted by Crippen LogP contribution is 2.37. The molecule has 2 heteroatoms. The number of aryl methyl sites for hydroxylation is 3. The van der Waals surface area contributed by atoms with Gasteiger partial charge < -0.3 is 0 Å². The number of aromatic nitrogens is 1. The van der Waals surface area contributed by atoms with Crippen molar-refractivity contribution in [3.63, 3.8) is 0 Å². The van der Waals surface area contributed by atoms with Crippen LogP contribution in [0, 0.1) is 18.3 Å². The van der Waals surface area contributed by atoms with Gasteiger partial charge in [-0.2, -0.15) is 5.26 Å². The standard InChI is InChI=1S/C24H24N2/c1-3-6-19-16(2)9-14-22-23(19)20-7-4-5-8-21(20)24(26-22)18-12-10-17(15-25)11-13-18/h9-14H,3-8H2,1-2H3. The lowest BCUT2D eigenvalue weighted by atomic mass is 9.83. The van der Waals surface area contributed by atoms with E-state index in [4.69, 9.17) is 10.2 Å². The molecule has 0 unspecified atom stereocenters. The fourth-order valence-corrected chi connectivity index (χ4v) is 4.31. The number of nitriles is 1. The summed E-state index contributed by atoms with van der Waals surface area (Å²) in [5, 5.41) is 10.5. The molecule has 1 aromatic heterocycles. The van der Waals surface area contributed by atoms with E-state index in [9.17, 15) is 0 Å². The van der Waals surface area contributed by atoms with Crippen LogP contribution < -0.4 is 0 Å². The first-order chi connectivity index (χ1) is 12.7. The SMILES string of the molecule is CCCc1c(C)ccc2nc(-c3ccc(C#N)cc3)c3c(c12)CCCC3. The average Bonchev–Trinajstić information content (AvgIpc) is 2.69. The van der Waals surface area contributed by atoms with Gasteiger partial charge in [0.05, 0.1) is 22.8 Å². The summed E-state index contributed by atoms with van der Waals surface area (Å²) in [4.78, 5) is 5.12. The Kier molecular flexibility index (Phi) is 4.47. The highest BCUT2D eigenvalue weighted by Gasteiger charge is 2.21. The third-order valence-corrected chi connectivity index (χ3v) is 5.60. The molecule has 0 aliphatic heterocycles. The van der Waals surface area contributed by atoms with Crippen LogP contribution in [0.1, 0.15) is 54.0 Å². The Balaban J connectivity index is 2.01. The summed E-state index contributed by atoms with van der Waals surface area (Å²) in [6, 6.07) is 14.5. The maximum absolute atomic E-state index is 9.07. The third kappa shape index (κ3) is 2.78. The topological polar surface area (TPSA) is 36.7 Å². The molecule has 0 fully saturated rings. The van der Waals surface area contributed by atoms with Crippen molar-refractivity contribution >= 4 is 10.9 Å². The lowest BCUT2D eigenvalue weighted by Crippen LogP contribution is -2.09. The predicted octanol–water partition coefficient (Wildman–Crippen LogP) is 5.91. The Bertz CT molecular complexity index is 1010. The van der Waals surface area contributed by atoms with E-state index >= 15 is 0 Å². The van der Waals surface area contributed by atoms with Gasteiger partial charge in [0, 0.05) is 10.9 Å². The zero-order chi connectivity index (χ0) is 18.1. The first-order valence-corrected chi connectivity index (χ1v) is 9.67. The minimum Gasteiger partial charge on any atom is -0.247 e. The molecule has 0 radical (unpaired) electrons. The van der Waals surface area contributed by atoms with E-state index in [1.165, 1.54) is 40.5 Å². The van der Waals surface area contributed by atoms with Crippen LogP contribution in [-0.4, -0.2) is 4.98 Å². The highest BCUT2D eigenvalue weighted by molar-refractivity contribution is 5.91. The second-order valence-electron chi connectivity index (χ2n) is 7.32. The molecule has 0 spiro atoms. The van der Waals surface area contributed by atoms with E-state index in [0.717, 1.165) is 42.5 Å². The molecule has 0 amide bonds. The van der Waals surface area contributed by atoms with Crippen LogP contribution in [0.3, 0.4) is 0 Å². The van der Waals surface area contributed by atoms with Gasteiger partial charge in [-0.25, -0.2) is 4.98 Å². The van der Waals surface area contributed by atoms with Crippen molar-refractivity contribution in [3.05, 3.63) is 64.2 Å². The van der Waals surface area contributed by atoms with Crippen LogP contribution in [0.15, 0.2) is 36.4 Å². The summed E-state index contributed by atoms with van der Waals surface area (Å²) in [5.74, 6) is 0. The molecule has 1 aliphatic carbocycles. The highest BCUT2D eigenvalue weighted by atomic mass is 14.7. The van der Waals surface area contributed by atoms with Crippen molar-refractivity contribution in [2.75, 3.05) is 0 Å². The first-order valence-electron chi connectivity index (χ1n) is 9.67. The Labute approximate surface area is 155 Å². The number of hydrogen-bond donors (Lipinski definition) is 0. The summed E-state index contributed by atoms with van der Waals surface area (Å²) in [7, 11) is 0. The summed E-state index contributed by atoms with van der Waals surface area (Å²) in [5.41, 5.74) is 9.89. The Morgan fingerprint density at radius 1 is 1.00 bits per heavy atom. The molecule has 26 heavy (non-hydrogen) atoms. The Hall–Kier alpha value is -2.66. The molecular weight excluding hydrogens is 316 g/mol. The number of hydrogen-bond acceptors (Lipinski definition) is 2. The molecule has 2 nitrogen and oxygen atoms in total. The van der Waals surface area contributed by atoms with Crippen molar-refractivity contribution in [2.24, 2.45) is 0 Å². The molecule has 1 heterocycles. The lowest BCUT2D eigenvalue weighted by molar-refractivity contribution is 0.688. The van der Waals surface area contributed by atoms with Gasteiger partial charge >= 0.3 is 0 Å². The van der Waals surface area contributed by atoms with Crippen LogP contribution in [-0.2, 0) is 19.3 Å². The van der Waals surface area contributed by atoms with E-state index in [2.05, 4.69) is 32.0 Å². The van der Waals surface area contributed by atoms with E-state index in [1.807, 2.05) is 24.3 Å². The summed E-state index contributed by atoms with van der Waals surface area (Å²) < 4.78 is 0. The van der Waals surface area contributed by atoms with Crippen molar-refractivity contribution in [3.8, 4) is 17.3 Å². The number of fused-ring (bicyclic) bond motifs is 3. The molecule has 2 aromatic carbocycles. The van der Waals surface area contributed by atoms with Gasteiger partial charge in [0.1, 0.15) is 0 Å². The van der Waals surface area contributed by atoms with Gasteiger partial charge in [0.25, 0.3) is 0 Å². The number of benzene rings is 2. The van der Waals surface area contributed by atoms with Crippen molar-refractivity contribution in [2.45, 2.75) is 52.4 Å². The van der Waals surface area contributed by atoms with Crippen LogP contribution in [0.25, 0.3) is 22.2 Å².